The molecule has 7 heteroatoms. The highest BCUT2D eigenvalue weighted by Gasteiger charge is 2.19. The van der Waals surface area contributed by atoms with Crippen LogP contribution < -0.4 is 4.74 Å². The van der Waals surface area contributed by atoms with Crippen molar-refractivity contribution in [2.45, 2.75) is 26.6 Å². The Balaban J connectivity index is 1.56. The van der Waals surface area contributed by atoms with E-state index in [-0.39, 0.29) is 12.5 Å². The average molecular weight is 373 g/mol. The maximum absolute atomic E-state index is 12.1. The van der Waals surface area contributed by atoms with Crippen molar-refractivity contribution in [2.24, 2.45) is 0 Å². The fourth-order valence-corrected chi connectivity index (χ4v) is 2.48. The van der Waals surface area contributed by atoms with Gasteiger partial charge in [0.25, 0.3) is 5.89 Å². The number of esters is 1. The van der Waals surface area contributed by atoms with Crippen LogP contribution in [0.5, 0.6) is 5.75 Å². The highest BCUT2D eigenvalue weighted by molar-refractivity contribution is 6.30. The molecule has 3 rings (SSSR count). The van der Waals surface area contributed by atoms with Crippen LogP contribution in [0.25, 0.3) is 11.4 Å². The Labute approximate surface area is 155 Å². The van der Waals surface area contributed by atoms with Gasteiger partial charge in [-0.25, -0.2) is 4.79 Å². The van der Waals surface area contributed by atoms with Crippen LogP contribution in [0.15, 0.2) is 53.1 Å². The molecule has 134 valence electrons. The third kappa shape index (κ3) is 4.40. The molecule has 0 aliphatic carbocycles. The van der Waals surface area contributed by atoms with Gasteiger partial charge in [-0.05, 0) is 37.6 Å². The Kier molecular flexibility index (Phi) is 5.53. The van der Waals surface area contributed by atoms with Crippen LogP contribution >= 0.6 is 11.6 Å². The van der Waals surface area contributed by atoms with E-state index >= 15 is 0 Å². The summed E-state index contributed by atoms with van der Waals surface area (Å²) < 4.78 is 15.9. The second-order valence-electron chi connectivity index (χ2n) is 5.66. The van der Waals surface area contributed by atoms with Crippen LogP contribution in [0, 0.1) is 6.92 Å². The molecule has 0 aliphatic heterocycles. The van der Waals surface area contributed by atoms with Crippen molar-refractivity contribution in [1.82, 2.24) is 10.1 Å². The monoisotopic (exact) mass is 372 g/mol. The lowest BCUT2D eigenvalue weighted by atomic mass is 10.2. The van der Waals surface area contributed by atoms with E-state index in [2.05, 4.69) is 10.1 Å². The van der Waals surface area contributed by atoms with Gasteiger partial charge in [0.05, 0.1) is 0 Å². The van der Waals surface area contributed by atoms with E-state index in [1.165, 1.54) is 0 Å². The van der Waals surface area contributed by atoms with Crippen molar-refractivity contribution < 1.29 is 18.8 Å². The molecular weight excluding hydrogens is 356 g/mol. The first kappa shape index (κ1) is 17.9. The standard InChI is InChI=1S/C19H17ClN2O4/c1-12-10-15(20)8-9-16(12)25-13(2)19(23)24-11-17-21-18(22-26-17)14-6-4-3-5-7-14/h3-10,13H,11H2,1-2H3. The van der Waals surface area contributed by atoms with E-state index in [0.717, 1.165) is 11.1 Å². The van der Waals surface area contributed by atoms with Crippen molar-refractivity contribution in [3.05, 3.63) is 65.0 Å². The molecule has 0 fully saturated rings. The summed E-state index contributed by atoms with van der Waals surface area (Å²) >= 11 is 5.91. The minimum atomic E-state index is -0.786. The highest BCUT2D eigenvalue weighted by atomic mass is 35.5. The molecule has 2 aromatic carbocycles. The average Bonchev–Trinajstić information content (AvgIpc) is 3.11. The van der Waals surface area contributed by atoms with E-state index in [1.807, 2.05) is 37.3 Å². The number of rotatable bonds is 6. The Hall–Kier alpha value is -2.86. The molecule has 1 atom stereocenters. The maximum atomic E-state index is 12.1. The lowest BCUT2D eigenvalue weighted by molar-refractivity contribution is -0.153. The Morgan fingerprint density at radius 3 is 2.73 bits per heavy atom. The van der Waals surface area contributed by atoms with Crippen LogP contribution in [0.1, 0.15) is 18.4 Å². The van der Waals surface area contributed by atoms with Gasteiger partial charge in [0.2, 0.25) is 5.82 Å². The number of hydrogen-bond acceptors (Lipinski definition) is 6. The molecule has 0 saturated carbocycles. The molecule has 0 bridgehead atoms. The summed E-state index contributed by atoms with van der Waals surface area (Å²) in [5.41, 5.74) is 1.66. The summed E-state index contributed by atoms with van der Waals surface area (Å²) in [6, 6.07) is 14.6. The van der Waals surface area contributed by atoms with Crippen LogP contribution in [-0.2, 0) is 16.1 Å². The van der Waals surface area contributed by atoms with Gasteiger partial charge >= 0.3 is 5.97 Å². The van der Waals surface area contributed by atoms with Crippen molar-refractivity contribution in [2.75, 3.05) is 0 Å². The number of aromatic nitrogens is 2. The molecule has 0 spiro atoms. The summed E-state index contributed by atoms with van der Waals surface area (Å²) in [6.07, 6.45) is -0.786. The van der Waals surface area contributed by atoms with Gasteiger partial charge in [-0.1, -0.05) is 47.1 Å². The quantitative estimate of drug-likeness (QED) is 0.603. The van der Waals surface area contributed by atoms with Gasteiger partial charge in [0.1, 0.15) is 5.75 Å². The third-order valence-corrected chi connectivity index (χ3v) is 3.85. The first-order valence-electron chi connectivity index (χ1n) is 8.00. The summed E-state index contributed by atoms with van der Waals surface area (Å²) in [5.74, 6) is 0.701. The summed E-state index contributed by atoms with van der Waals surface area (Å²) in [5, 5.41) is 4.48. The fraction of sp³-hybridized carbons (Fsp3) is 0.211. The highest BCUT2D eigenvalue weighted by Crippen LogP contribution is 2.23. The lowest BCUT2D eigenvalue weighted by Gasteiger charge is -2.15. The van der Waals surface area contributed by atoms with E-state index < -0.39 is 12.1 Å². The molecule has 1 aromatic heterocycles. The zero-order valence-corrected chi connectivity index (χ0v) is 15.1. The van der Waals surface area contributed by atoms with Gasteiger partial charge in [-0.2, -0.15) is 4.98 Å². The van der Waals surface area contributed by atoms with E-state index in [4.69, 9.17) is 25.6 Å². The number of halogens is 1. The molecule has 6 nitrogen and oxygen atoms in total. The number of hydrogen-bond donors (Lipinski definition) is 0. The van der Waals surface area contributed by atoms with E-state index in [0.29, 0.717) is 16.6 Å². The van der Waals surface area contributed by atoms with Gasteiger partial charge in [-0.15, -0.1) is 0 Å². The number of benzene rings is 2. The molecular formula is C19H17ClN2O4. The molecule has 1 unspecified atom stereocenters. The SMILES string of the molecule is Cc1cc(Cl)ccc1OC(C)C(=O)OCc1nc(-c2ccccc2)no1. The molecule has 0 aliphatic rings. The molecule has 0 saturated heterocycles. The second kappa shape index (κ2) is 8.01. The summed E-state index contributed by atoms with van der Waals surface area (Å²) in [7, 11) is 0. The molecule has 0 radical (unpaired) electrons. The van der Waals surface area contributed by atoms with Crippen molar-refractivity contribution >= 4 is 17.6 Å². The minimum absolute atomic E-state index is 0.119. The number of nitrogens with zero attached hydrogens (tertiary/aromatic N) is 2. The Bertz CT molecular complexity index is 896. The zero-order valence-electron chi connectivity index (χ0n) is 14.3. The lowest BCUT2D eigenvalue weighted by Crippen LogP contribution is -2.26. The van der Waals surface area contributed by atoms with Crippen LogP contribution in [0.2, 0.25) is 5.02 Å². The smallest absolute Gasteiger partial charge is 0.347 e. The predicted octanol–water partition coefficient (Wildman–Crippen LogP) is 4.21. The fourth-order valence-electron chi connectivity index (χ4n) is 2.25. The van der Waals surface area contributed by atoms with Gasteiger partial charge < -0.3 is 14.0 Å². The molecule has 26 heavy (non-hydrogen) atoms. The van der Waals surface area contributed by atoms with E-state index in [1.54, 1.807) is 25.1 Å². The van der Waals surface area contributed by atoms with E-state index in [9.17, 15) is 4.79 Å². The Morgan fingerprint density at radius 2 is 2.00 bits per heavy atom. The normalized spacial score (nSPS) is 11.8. The van der Waals surface area contributed by atoms with Crippen LogP contribution in [0.3, 0.4) is 0 Å². The molecule has 3 aromatic rings. The van der Waals surface area contributed by atoms with Gasteiger partial charge in [-0.3, -0.25) is 0 Å². The minimum Gasteiger partial charge on any atom is -0.479 e. The molecule has 0 amide bonds. The third-order valence-electron chi connectivity index (χ3n) is 3.61. The van der Waals surface area contributed by atoms with Gasteiger partial charge in [0, 0.05) is 10.6 Å². The summed E-state index contributed by atoms with van der Waals surface area (Å²) in [6.45, 7) is 3.34. The first-order valence-corrected chi connectivity index (χ1v) is 8.38. The first-order chi connectivity index (χ1) is 12.5. The van der Waals surface area contributed by atoms with Crippen molar-refractivity contribution in [3.8, 4) is 17.1 Å². The van der Waals surface area contributed by atoms with Crippen molar-refractivity contribution in [3.63, 3.8) is 0 Å². The molecule has 1 heterocycles. The number of ether oxygens (including phenoxy) is 2. The maximum Gasteiger partial charge on any atom is 0.347 e. The number of aryl methyl sites for hydroxylation is 1. The van der Waals surface area contributed by atoms with Crippen molar-refractivity contribution in [1.29, 1.82) is 0 Å². The predicted molar refractivity (Wildman–Crippen MR) is 95.8 cm³/mol. The van der Waals surface area contributed by atoms with Crippen LogP contribution in [-0.4, -0.2) is 22.2 Å². The zero-order chi connectivity index (χ0) is 18.5. The summed E-state index contributed by atoms with van der Waals surface area (Å²) in [4.78, 5) is 16.3. The number of carbonyl (C=O) groups is 1. The molecule has 0 N–H and O–H groups in total. The van der Waals surface area contributed by atoms with Gasteiger partial charge in [0.15, 0.2) is 12.7 Å². The van der Waals surface area contributed by atoms with Crippen LogP contribution in [0.4, 0.5) is 0 Å². The topological polar surface area (TPSA) is 74.5 Å². The largest absolute Gasteiger partial charge is 0.479 e. The Morgan fingerprint density at radius 1 is 1.23 bits per heavy atom. The second-order valence-corrected chi connectivity index (χ2v) is 6.09. The number of carbonyl (C=O) groups excluding carboxylic acids is 1.